The lowest BCUT2D eigenvalue weighted by atomic mass is 10.2. The Balaban J connectivity index is 1.28. The standard InChI is InChI=1S/C21H21N5O2/c27-20(23-10-13-25-11-1-2-12-25)16-5-7-18(8-6-16)24-21(28)26-14-17-4-3-9-22-19(17)15-26/h1-9,11-12H,10,13-15H2,(H,23,27)(H,24,28). The molecule has 0 fully saturated rings. The third kappa shape index (κ3) is 4.03. The number of pyridine rings is 1. The molecule has 3 aromatic rings. The van der Waals surface area contributed by atoms with Crippen LogP contribution in [0.1, 0.15) is 21.6 Å². The Hall–Kier alpha value is -3.61. The highest BCUT2D eigenvalue weighted by Gasteiger charge is 2.23. The minimum absolute atomic E-state index is 0.133. The van der Waals surface area contributed by atoms with Crippen LogP contribution < -0.4 is 10.6 Å². The van der Waals surface area contributed by atoms with Gasteiger partial charge in [-0.2, -0.15) is 0 Å². The van der Waals surface area contributed by atoms with E-state index in [9.17, 15) is 9.59 Å². The van der Waals surface area contributed by atoms with Crippen LogP contribution >= 0.6 is 0 Å². The van der Waals surface area contributed by atoms with Gasteiger partial charge in [-0.25, -0.2) is 4.79 Å². The number of nitrogens with one attached hydrogen (secondary N) is 2. The van der Waals surface area contributed by atoms with Crippen LogP contribution in [0.5, 0.6) is 0 Å². The van der Waals surface area contributed by atoms with E-state index in [1.165, 1.54) is 0 Å². The van der Waals surface area contributed by atoms with Crippen LogP contribution in [0.4, 0.5) is 10.5 Å². The number of aromatic nitrogens is 2. The first-order valence-corrected chi connectivity index (χ1v) is 9.17. The third-order valence-electron chi connectivity index (χ3n) is 4.69. The maximum absolute atomic E-state index is 12.5. The summed E-state index contributed by atoms with van der Waals surface area (Å²) in [6, 6.07) is 14.5. The van der Waals surface area contributed by atoms with E-state index in [1.54, 1.807) is 35.4 Å². The molecule has 7 heteroatoms. The van der Waals surface area contributed by atoms with E-state index < -0.39 is 0 Å². The highest BCUT2D eigenvalue weighted by atomic mass is 16.2. The quantitative estimate of drug-likeness (QED) is 0.720. The van der Waals surface area contributed by atoms with Crippen molar-refractivity contribution in [1.82, 2.24) is 19.8 Å². The minimum atomic E-state index is -0.179. The lowest BCUT2D eigenvalue weighted by molar-refractivity contribution is 0.0952. The number of carbonyl (C=O) groups excluding carboxylic acids is 2. The average Bonchev–Trinajstić information content (AvgIpc) is 3.38. The summed E-state index contributed by atoms with van der Waals surface area (Å²) < 4.78 is 2.01. The number of nitrogens with zero attached hydrogens (tertiary/aromatic N) is 3. The summed E-state index contributed by atoms with van der Waals surface area (Å²) in [5, 5.41) is 5.76. The summed E-state index contributed by atoms with van der Waals surface area (Å²) in [6.07, 6.45) is 5.65. The Bertz CT molecular complexity index is 942. The summed E-state index contributed by atoms with van der Waals surface area (Å²) in [5.74, 6) is -0.133. The molecule has 0 saturated heterocycles. The van der Waals surface area contributed by atoms with E-state index in [1.807, 2.05) is 41.2 Å². The number of hydrogen-bond acceptors (Lipinski definition) is 3. The van der Waals surface area contributed by atoms with Crippen LogP contribution in [0.3, 0.4) is 0 Å². The van der Waals surface area contributed by atoms with Gasteiger partial charge < -0.3 is 20.1 Å². The van der Waals surface area contributed by atoms with Crippen molar-refractivity contribution in [3.05, 3.63) is 83.9 Å². The summed E-state index contributed by atoms with van der Waals surface area (Å²) in [4.78, 5) is 30.7. The minimum Gasteiger partial charge on any atom is -0.353 e. The van der Waals surface area contributed by atoms with E-state index in [-0.39, 0.29) is 11.9 Å². The van der Waals surface area contributed by atoms with Crippen molar-refractivity contribution < 1.29 is 9.59 Å². The largest absolute Gasteiger partial charge is 0.353 e. The van der Waals surface area contributed by atoms with Crippen LogP contribution in [0.15, 0.2) is 67.1 Å². The number of benzene rings is 1. The zero-order chi connectivity index (χ0) is 19.3. The molecule has 28 heavy (non-hydrogen) atoms. The summed E-state index contributed by atoms with van der Waals surface area (Å²) in [7, 11) is 0. The van der Waals surface area contributed by atoms with Crippen molar-refractivity contribution in [2.24, 2.45) is 0 Å². The molecule has 0 spiro atoms. The number of anilines is 1. The molecule has 142 valence electrons. The lowest BCUT2D eigenvalue weighted by Gasteiger charge is -2.16. The molecular formula is C21H21N5O2. The first-order valence-electron chi connectivity index (χ1n) is 9.17. The van der Waals surface area contributed by atoms with Gasteiger partial charge in [0.25, 0.3) is 5.91 Å². The first kappa shape index (κ1) is 17.8. The average molecular weight is 375 g/mol. The second-order valence-electron chi connectivity index (χ2n) is 6.65. The van der Waals surface area contributed by atoms with Crippen molar-refractivity contribution in [1.29, 1.82) is 0 Å². The van der Waals surface area contributed by atoms with Crippen molar-refractivity contribution in [3.8, 4) is 0 Å². The molecule has 3 amide bonds. The normalized spacial score (nSPS) is 12.5. The topological polar surface area (TPSA) is 79.3 Å². The number of amides is 3. The molecule has 0 atom stereocenters. The molecule has 2 aromatic heterocycles. The van der Waals surface area contributed by atoms with Gasteiger partial charge in [0.05, 0.1) is 12.2 Å². The summed E-state index contributed by atoms with van der Waals surface area (Å²) >= 11 is 0. The molecule has 1 aliphatic rings. The SMILES string of the molecule is O=C(NCCn1cccc1)c1ccc(NC(=O)N2Cc3cccnc3C2)cc1. The van der Waals surface area contributed by atoms with E-state index in [0.29, 0.717) is 30.9 Å². The molecular weight excluding hydrogens is 354 g/mol. The second kappa shape index (κ2) is 7.96. The van der Waals surface area contributed by atoms with Gasteiger partial charge in [0.15, 0.2) is 0 Å². The van der Waals surface area contributed by atoms with Crippen molar-refractivity contribution >= 4 is 17.6 Å². The highest BCUT2D eigenvalue weighted by Crippen LogP contribution is 2.21. The fourth-order valence-electron chi connectivity index (χ4n) is 3.17. The number of rotatable bonds is 5. The third-order valence-corrected chi connectivity index (χ3v) is 4.69. The van der Waals surface area contributed by atoms with Gasteiger partial charge in [-0.15, -0.1) is 0 Å². The molecule has 1 aromatic carbocycles. The van der Waals surface area contributed by atoms with E-state index in [4.69, 9.17) is 0 Å². The Morgan fingerprint density at radius 1 is 1.00 bits per heavy atom. The van der Waals surface area contributed by atoms with Gasteiger partial charge in [-0.3, -0.25) is 9.78 Å². The molecule has 3 heterocycles. The molecule has 0 aliphatic carbocycles. The van der Waals surface area contributed by atoms with E-state index in [0.717, 1.165) is 17.8 Å². The predicted octanol–water partition coefficient (Wildman–Crippen LogP) is 2.86. The van der Waals surface area contributed by atoms with Gasteiger partial charge in [0, 0.05) is 49.5 Å². The molecule has 0 unspecified atom stereocenters. The van der Waals surface area contributed by atoms with Crippen LogP contribution in [0, 0.1) is 0 Å². The molecule has 7 nitrogen and oxygen atoms in total. The van der Waals surface area contributed by atoms with Gasteiger partial charge in [-0.1, -0.05) is 6.07 Å². The van der Waals surface area contributed by atoms with Crippen molar-refractivity contribution in [3.63, 3.8) is 0 Å². The zero-order valence-electron chi connectivity index (χ0n) is 15.3. The number of fused-ring (bicyclic) bond motifs is 1. The highest BCUT2D eigenvalue weighted by molar-refractivity contribution is 5.95. The van der Waals surface area contributed by atoms with Crippen molar-refractivity contribution in [2.45, 2.75) is 19.6 Å². The molecule has 0 radical (unpaired) electrons. The maximum atomic E-state index is 12.5. The van der Waals surface area contributed by atoms with Gasteiger partial charge >= 0.3 is 6.03 Å². The number of carbonyl (C=O) groups is 2. The second-order valence-corrected chi connectivity index (χ2v) is 6.65. The van der Waals surface area contributed by atoms with Gasteiger partial charge in [0.1, 0.15) is 0 Å². The summed E-state index contributed by atoms with van der Waals surface area (Å²) in [5.41, 5.74) is 3.22. The van der Waals surface area contributed by atoms with Crippen LogP contribution in [-0.4, -0.2) is 32.9 Å². The van der Waals surface area contributed by atoms with E-state index >= 15 is 0 Å². The molecule has 0 bridgehead atoms. The number of hydrogen-bond donors (Lipinski definition) is 2. The number of urea groups is 1. The van der Waals surface area contributed by atoms with Crippen molar-refractivity contribution in [2.75, 3.05) is 11.9 Å². The molecule has 1 aliphatic heterocycles. The van der Waals surface area contributed by atoms with Gasteiger partial charge in [0.2, 0.25) is 0 Å². The Labute approximate surface area is 163 Å². The molecule has 2 N–H and O–H groups in total. The van der Waals surface area contributed by atoms with Crippen LogP contribution in [-0.2, 0) is 19.6 Å². The van der Waals surface area contributed by atoms with Crippen LogP contribution in [0.25, 0.3) is 0 Å². The zero-order valence-corrected chi connectivity index (χ0v) is 15.3. The fraction of sp³-hybridized carbons (Fsp3) is 0.190. The smallest absolute Gasteiger partial charge is 0.322 e. The van der Waals surface area contributed by atoms with Gasteiger partial charge in [-0.05, 0) is 48.0 Å². The summed E-state index contributed by atoms with van der Waals surface area (Å²) in [6.45, 7) is 2.33. The Morgan fingerprint density at radius 2 is 1.79 bits per heavy atom. The molecule has 4 rings (SSSR count). The lowest BCUT2D eigenvalue weighted by Crippen LogP contribution is -2.30. The first-order chi connectivity index (χ1) is 13.7. The fourth-order valence-corrected chi connectivity index (χ4v) is 3.17. The maximum Gasteiger partial charge on any atom is 0.322 e. The monoisotopic (exact) mass is 375 g/mol. The van der Waals surface area contributed by atoms with E-state index in [2.05, 4.69) is 15.6 Å². The Morgan fingerprint density at radius 3 is 2.54 bits per heavy atom. The predicted molar refractivity (Wildman–Crippen MR) is 106 cm³/mol. The molecule has 0 saturated carbocycles. The van der Waals surface area contributed by atoms with Crippen LogP contribution in [0.2, 0.25) is 0 Å². The Kier molecular flexibility index (Phi) is 5.05.